The van der Waals surface area contributed by atoms with Crippen LogP contribution in [0.15, 0.2) is 6.20 Å². The molecule has 0 aromatic carbocycles. The molecular weight excluding hydrogens is 244 g/mol. The average Bonchev–Trinajstić information content (AvgIpc) is 2.76. The van der Waals surface area contributed by atoms with Crippen molar-refractivity contribution in [2.24, 2.45) is 5.73 Å². The standard InChI is InChI=1S/C13H24N4O2/c1-10(9-19-4)16(3)13(18)12-8-15-17(11(12)2)7-5-6-14/h8,10H,5-7,9,14H2,1-4H3. The average molecular weight is 268 g/mol. The molecule has 1 aromatic rings. The molecule has 1 atom stereocenters. The smallest absolute Gasteiger partial charge is 0.257 e. The van der Waals surface area contributed by atoms with Gasteiger partial charge in [-0.2, -0.15) is 5.10 Å². The van der Waals surface area contributed by atoms with Gasteiger partial charge in [-0.15, -0.1) is 0 Å². The molecular formula is C13H24N4O2. The molecule has 2 N–H and O–H groups in total. The van der Waals surface area contributed by atoms with Crippen LogP contribution in [-0.4, -0.2) is 53.9 Å². The third kappa shape index (κ3) is 3.78. The molecule has 6 nitrogen and oxygen atoms in total. The predicted molar refractivity (Wildman–Crippen MR) is 74.1 cm³/mol. The van der Waals surface area contributed by atoms with Crippen molar-refractivity contribution in [3.05, 3.63) is 17.5 Å². The zero-order chi connectivity index (χ0) is 14.4. The number of nitrogens with two attached hydrogens (primary N) is 1. The lowest BCUT2D eigenvalue weighted by atomic mass is 10.2. The summed E-state index contributed by atoms with van der Waals surface area (Å²) in [6.07, 6.45) is 2.48. The molecule has 0 radical (unpaired) electrons. The number of methoxy groups -OCH3 is 1. The van der Waals surface area contributed by atoms with Crippen molar-refractivity contribution in [1.82, 2.24) is 14.7 Å². The first kappa shape index (κ1) is 15.7. The van der Waals surface area contributed by atoms with Crippen LogP contribution in [0.25, 0.3) is 0 Å². The quantitative estimate of drug-likeness (QED) is 0.788. The molecule has 0 saturated carbocycles. The molecule has 1 heterocycles. The number of carbonyl (C=O) groups excluding carboxylic acids is 1. The summed E-state index contributed by atoms with van der Waals surface area (Å²) >= 11 is 0. The lowest BCUT2D eigenvalue weighted by Gasteiger charge is -2.24. The number of amides is 1. The summed E-state index contributed by atoms with van der Waals surface area (Å²) in [7, 11) is 3.41. The summed E-state index contributed by atoms with van der Waals surface area (Å²) in [6.45, 7) is 5.74. The summed E-state index contributed by atoms with van der Waals surface area (Å²) in [4.78, 5) is 14.0. The van der Waals surface area contributed by atoms with Gasteiger partial charge in [-0.05, 0) is 26.8 Å². The molecule has 0 aliphatic rings. The Hall–Kier alpha value is -1.40. The Balaban J connectivity index is 2.79. The predicted octanol–water partition coefficient (Wildman–Crippen LogP) is 0.647. The fourth-order valence-corrected chi connectivity index (χ4v) is 1.87. The second-order valence-corrected chi connectivity index (χ2v) is 4.73. The van der Waals surface area contributed by atoms with Gasteiger partial charge in [0.1, 0.15) is 0 Å². The maximum atomic E-state index is 12.4. The zero-order valence-corrected chi connectivity index (χ0v) is 12.2. The van der Waals surface area contributed by atoms with E-state index in [1.54, 1.807) is 25.3 Å². The van der Waals surface area contributed by atoms with Crippen LogP contribution in [0.2, 0.25) is 0 Å². The highest BCUT2D eigenvalue weighted by Gasteiger charge is 2.21. The van der Waals surface area contributed by atoms with Crippen molar-refractivity contribution in [2.45, 2.75) is 32.9 Å². The maximum absolute atomic E-state index is 12.4. The number of rotatable bonds is 7. The van der Waals surface area contributed by atoms with Crippen LogP contribution < -0.4 is 5.73 Å². The van der Waals surface area contributed by atoms with Crippen molar-refractivity contribution in [3.63, 3.8) is 0 Å². The van der Waals surface area contributed by atoms with Gasteiger partial charge in [0.2, 0.25) is 0 Å². The van der Waals surface area contributed by atoms with Crippen LogP contribution in [0.4, 0.5) is 0 Å². The topological polar surface area (TPSA) is 73.4 Å². The minimum atomic E-state index is -0.0268. The zero-order valence-electron chi connectivity index (χ0n) is 12.2. The second-order valence-electron chi connectivity index (χ2n) is 4.73. The molecule has 0 fully saturated rings. The summed E-state index contributed by atoms with van der Waals surface area (Å²) in [5, 5.41) is 4.24. The number of ether oxygens (including phenoxy) is 1. The molecule has 108 valence electrons. The van der Waals surface area contributed by atoms with Crippen LogP contribution in [0.5, 0.6) is 0 Å². The van der Waals surface area contributed by atoms with Crippen molar-refractivity contribution in [1.29, 1.82) is 0 Å². The largest absolute Gasteiger partial charge is 0.383 e. The summed E-state index contributed by atoms with van der Waals surface area (Å²) < 4.78 is 6.90. The van der Waals surface area contributed by atoms with E-state index in [0.717, 1.165) is 18.7 Å². The molecule has 1 unspecified atom stereocenters. The van der Waals surface area contributed by atoms with Gasteiger partial charge < -0.3 is 15.4 Å². The minimum Gasteiger partial charge on any atom is -0.383 e. The van der Waals surface area contributed by atoms with Gasteiger partial charge in [0, 0.05) is 26.4 Å². The Morgan fingerprint density at radius 3 is 2.89 bits per heavy atom. The Morgan fingerprint density at radius 2 is 2.32 bits per heavy atom. The summed E-state index contributed by atoms with van der Waals surface area (Å²) in [5.41, 5.74) is 7.01. The molecule has 1 rings (SSSR count). The summed E-state index contributed by atoms with van der Waals surface area (Å²) in [6, 6.07) is 0.0318. The highest BCUT2D eigenvalue weighted by atomic mass is 16.5. The van der Waals surface area contributed by atoms with E-state index in [9.17, 15) is 4.79 Å². The van der Waals surface area contributed by atoms with Gasteiger partial charge in [-0.1, -0.05) is 0 Å². The number of hydrogen-bond acceptors (Lipinski definition) is 4. The maximum Gasteiger partial charge on any atom is 0.257 e. The molecule has 0 aliphatic carbocycles. The van der Waals surface area contributed by atoms with Crippen molar-refractivity contribution < 1.29 is 9.53 Å². The number of hydrogen-bond donors (Lipinski definition) is 1. The van der Waals surface area contributed by atoms with Gasteiger partial charge in [-0.25, -0.2) is 0 Å². The van der Waals surface area contributed by atoms with Crippen LogP contribution in [0, 0.1) is 6.92 Å². The molecule has 19 heavy (non-hydrogen) atoms. The first-order chi connectivity index (χ1) is 9.02. The van der Waals surface area contributed by atoms with E-state index in [1.807, 2.05) is 18.5 Å². The van der Waals surface area contributed by atoms with E-state index in [2.05, 4.69) is 5.10 Å². The van der Waals surface area contributed by atoms with Crippen molar-refractivity contribution in [2.75, 3.05) is 27.3 Å². The lowest BCUT2D eigenvalue weighted by Crippen LogP contribution is -2.38. The van der Waals surface area contributed by atoms with Crippen LogP contribution in [0.3, 0.4) is 0 Å². The van der Waals surface area contributed by atoms with E-state index >= 15 is 0 Å². The molecule has 0 saturated heterocycles. The highest BCUT2D eigenvalue weighted by Crippen LogP contribution is 2.12. The second kappa shape index (κ2) is 7.25. The lowest BCUT2D eigenvalue weighted by molar-refractivity contribution is 0.0632. The number of likely N-dealkylation sites (N-methyl/N-ethyl adjacent to an activating group) is 1. The van der Waals surface area contributed by atoms with Crippen molar-refractivity contribution >= 4 is 5.91 Å². The van der Waals surface area contributed by atoms with Crippen LogP contribution >= 0.6 is 0 Å². The molecule has 1 aromatic heterocycles. The van der Waals surface area contributed by atoms with E-state index in [4.69, 9.17) is 10.5 Å². The first-order valence-electron chi connectivity index (χ1n) is 6.51. The van der Waals surface area contributed by atoms with Gasteiger partial charge in [0.25, 0.3) is 5.91 Å². The molecule has 6 heteroatoms. The number of nitrogens with zero attached hydrogens (tertiary/aromatic N) is 3. The van der Waals surface area contributed by atoms with E-state index in [-0.39, 0.29) is 11.9 Å². The molecule has 1 amide bonds. The Bertz CT molecular complexity index is 417. The molecule has 0 bridgehead atoms. The Kier molecular flexibility index (Phi) is 5.98. The Morgan fingerprint density at radius 1 is 1.63 bits per heavy atom. The normalized spacial score (nSPS) is 12.5. The number of aryl methyl sites for hydroxylation is 1. The fourth-order valence-electron chi connectivity index (χ4n) is 1.87. The Labute approximate surface area is 114 Å². The number of aromatic nitrogens is 2. The SMILES string of the molecule is COCC(C)N(C)C(=O)c1cnn(CCCN)c1C. The van der Waals surface area contributed by atoms with E-state index in [1.165, 1.54) is 0 Å². The first-order valence-corrected chi connectivity index (χ1v) is 6.51. The van der Waals surface area contributed by atoms with Gasteiger partial charge in [0.15, 0.2) is 0 Å². The van der Waals surface area contributed by atoms with E-state index < -0.39 is 0 Å². The van der Waals surface area contributed by atoms with Gasteiger partial charge in [0.05, 0.1) is 24.4 Å². The monoisotopic (exact) mass is 268 g/mol. The third-order valence-corrected chi connectivity index (χ3v) is 3.30. The van der Waals surface area contributed by atoms with Crippen molar-refractivity contribution in [3.8, 4) is 0 Å². The molecule has 0 spiro atoms. The van der Waals surface area contributed by atoms with Crippen LogP contribution in [-0.2, 0) is 11.3 Å². The van der Waals surface area contributed by atoms with Crippen LogP contribution in [0.1, 0.15) is 29.4 Å². The van der Waals surface area contributed by atoms with E-state index in [0.29, 0.717) is 18.7 Å². The fraction of sp³-hybridized carbons (Fsp3) is 0.692. The number of carbonyl (C=O) groups is 1. The molecule has 0 aliphatic heterocycles. The van der Waals surface area contributed by atoms with Gasteiger partial charge in [-0.3, -0.25) is 9.48 Å². The third-order valence-electron chi connectivity index (χ3n) is 3.30. The highest BCUT2D eigenvalue weighted by molar-refractivity contribution is 5.95. The van der Waals surface area contributed by atoms with Gasteiger partial charge >= 0.3 is 0 Å². The minimum absolute atomic E-state index is 0.0268. The summed E-state index contributed by atoms with van der Waals surface area (Å²) in [5.74, 6) is -0.0268.